The van der Waals surface area contributed by atoms with Crippen LogP contribution in [-0.2, 0) is 4.79 Å². The van der Waals surface area contributed by atoms with Gasteiger partial charge >= 0.3 is 0 Å². The maximum atomic E-state index is 13.4. The van der Waals surface area contributed by atoms with Crippen LogP contribution in [-0.4, -0.2) is 12.5 Å². The number of carbonyl (C=O) groups excluding carboxylic acids is 1. The molecule has 0 saturated heterocycles. The molecule has 0 atom stereocenters. The van der Waals surface area contributed by atoms with Crippen molar-refractivity contribution < 1.29 is 9.53 Å². The second kappa shape index (κ2) is 8.19. The molecule has 1 amide bonds. The lowest BCUT2D eigenvalue weighted by Crippen LogP contribution is -2.25. The van der Waals surface area contributed by atoms with Crippen molar-refractivity contribution in [1.29, 1.82) is 0 Å². The van der Waals surface area contributed by atoms with Gasteiger partial charge in [0.1, 0.15) is 5.75 Å². The molecule has 29 heavy (non-hydrogen) atoms. The smallest absolute Gasteiger partial charge is 0.262 e. The number of hydrogen-bond donors (Lipinski definition) is 0. The van der Waals surface area contributed by atoms with Gasteiger partial charge in [-0.25, -0.2) is 0 Å². The molecule has 3 nitrogen and oxygen atoms in total. The Morgan fingerprint density at radius 3 is 2.38 bits per heavy atom. The van der Waals surface area contributed by atoms with E-state index in [4.69, 9.17) is 4.74 Å². The molecular weight excluding hydrogens is 358 g/mol. The summed E-state index contributed by atoms with van der Waals surface area (Å²) in [5, 5.41) is 0. The Labute approximate surface area is 171 Å². The minimum atomic E-state index is -0.0247. The third-order valence-electron chi connectivity index (χ3n) is 4.83. The number of carbonyl (C=O) groups is 1. The van der Waals surface area contributed by atoms with Crippen LogP contribution in [0.2, 0.25) is 0 Å². The summed E-state index contributed by atoms with van der Waals surface area (Å²) in [6.45, 7) is 4.63. The van der Waals surface area contributed by atoms with Crippen LogP contribution in [0.4, 0.5) is 5.69 Å². The fourth-order valence-electron chi connectivity index (χ4n) is 3.47. The van der Waals surface area contributed by atoms with E-state index in [1.54, 1.807) is 4.90 Å². The number of anilines is 1. The predicted molar refractivity (Wildman–Crippen MR) is 119 cm³/mol. The van der Waals surface area contributed by atoms with Crippen molar-refractivity contribution in [2.75, 3.05) is 11.5 Å². The van der Waals surface area contributed by atoms with Crippen molar-refractivity contribution in [2.24, 2.45) is 0 Å². The van der Waals surface area contributed by atoms with Gasteiger partial charge < -0.3 is 4.74 Å². The quantitative estimate of drug-likeness (QED) is 0.518. The van der Waals surface area contributed by atoms with Crippen LogP contribution in [0.5, 0.6) is 5.75 Å². The number of amides is 1. The Morgan fingerprint density at radius 1 is 0.931 bits per heavy atom. The Balaban J connectivity index is 1.75. The average molecular weight is 381 g/mol. The lowest BCUT2D eigenvalue weighted by molar-refractivity contribution is -0.113. The first-order valence-electron chi connectivity index (χ1n) is 9.78. The molecule has 3 aromatic carbocycles. The molecule has 0 aromatic heterocycles. The van der Waals surface area contributed by atoms with E-state index in [1.165, 1.54) is 0 Å². The Morgan fingerprint density at radius 2 is 1.69 bits per heavy atom. The first-order chi connectivity index (χ1) is 14.2. The predicted octanol–water partition coefficient (Wildman–Crippen LogP) is 5.87. The van der Waals surface area contributed by atoms with E-state index in [1.807, 2.05) is 105 Å². The third-order valence-corrected chi connectivity index (χ3v) is 4.83. The van der Waals surface area contributed by atoms with Crippen molar-refractivity contribution in [3.05, 3.63) is 107 Å². The number of benzene rings is 3. The molecule has 0 saturated carbocycles. The van der Waals surface area contributed by atoms with Crippen molar-refractivity contribution in [1.82, 2.24) is 0 Å². The molecule has 0 aliphatic carbocycles. The summed E-state index contributed by atoms with van der Waals surface area (Å²) < 4.78 is 5.51. The molecule has 3 heteroatoms. The number of ether oxygens (including phenoxy) is 1. The van der Waals surface area contributed by atoms with Crippen LogP contribution in [0.3, 0.4) is 0 Å². The molecular formula is C26H23NO2. The summed E-state index contributed by atoms with van der Waals surface area (Å²) >= 11 is 0. The summed E-state index contributed by atoms with van der Waals surface area (Å²) in [6.07, 6.45) is 3.90. The standard InChI is InChI=1S/C26H23NO2/c1-3-29-24-14-12-20(13-15-24)17-22-18-25(21-9-5-4-6-10-21)27(26(22)28)23-11-7-8-19(2)16-23/h4-18H,3H2,1-2H3/b22-17+. The van der Waals surface area contributed by atoms with Gasteiger partial charge in [-0.3, -0.25) is 9.69 Å². The lowest BCUT2D eigenvalue weighted by Gasteiger charge is -2.21. The summed E-state index contributed by atoms with van der Waals surface area (Å²) in [6, 6.07) is 25.8. The number of aryl methyl sites for hydroxylation is 1. The number of hydrogen-bond acceptors (Lipinski definition) is 2. The van der Waals surface area contributed by atoms with E-state index in [0.717, 1.165) is 33.8 Å². The topological polar surface area (TPSA) is 29.5 Å². The highest BCUT2D eigenvalue weighted by molar-refractivity contribution is 6.23. The number of rotatable bonds is 5. The molecule has 4 rings (SSSR count). The Kier molecular flexibility index (Phi) is 5.30. The second-order valence-electron chi connectivity index (χ2n) is 6.98. The monoisotopic (exact) mass is 381 g/mol. The molecule has 0 spiro atoms. The Hall–Kier alpha value is -3.59. The zero-order valence-corrected chi connectivity index (χ0v) is 16.6. The molecule has 0 bridgehead atoms. The summed E-state index contributed by atoms with van der Waals surface area (Å²) in [5.41, 5.74) is 5.52. The first-order valence-corrected chi connectivity index (χ1v) is 9.78. The number of nitrogens with zero attached hydrogens (tertiary/aromatic N) is 1. The molecule has 1 aliphatic rings. The molecule has 0 fully saturated rings. The van der Waals surface area contributed by atoms with Gasteiger partial charge in [0, 0.05) is 11.3 Å². The van der Waals surface area contributed by atoms with Crippen LogP contribution in [0.1, 0.15) is 23.6 Å². The lowest BCUT2D eigenvalue weighted by atomic mass is 10.1. The molecule has 0 N–H and O–H groups in total. The maximum absolute atomic E-state index is 13.4. The minimum Gasteiger partial charge on any atom is -0.494 e. The summed E-state index contributed by atoms with van der Waals surface area (Å²) in [7, 11) is 0. The zero-order valence-electron chi connectivity index (χ0n) is 16.6. The molecule has 0 unspecified atom stereocenters. The van der Waals surface area contributed by atoms with Gasteiger partial charge in [-0.05, 0) is 67.0 Å². The largest absolute Gasteiger partial charge is 0.494 e. The maximum Gasteiger partial charge on any atom is 0.262 e. The van der Waals surface area contributed by atoms with Crippen LogP contribution in [0, 0.1) is 6.92 Å². The minimum absolute atomic E-state index is 0.0247. The van der Waals surface area contributed by atoms with E-state index < -0.39 is 0 Å². The highest BCUT2D eigenvalue weighted by atomic mass is 16.5. The molecule has 1 heterocycles. The van der Waals surface area contributed by atoms with Crippen LogP contribution < -0.4 is 9.64 Å². The van der Waals surface area contributed by atoms with Crippen LogP contribution in [0.25, 0.3) is 11.8 Å². The fraction of sp³-hybridized carbons (Fsp3) is 0.115. The van der Waals surface area contributed by atoms with Crippen LogP contribution >= 0.6 is 0 Å². The molecule has 0 radical (unpaired) electrons. The van der Waals surface area contributed by atoms with Crippen molar-refractivity contribution in [2.45, 2.75) is 13.8 Å². The molecule has 144 valence electrons. The van der Waals surface area contributed by atoms with Crippen molar-refractivity contribution >= 4 is 23.4 Å². The Bertz CT molecular complexity index is 1080. The zero-order chi connectivity index (χ0) is 20.2. The van der Waals surface area contributed by atoms with Gasteiger partial charge in [0.05, 0.1) is 12.3 Å². The first kappa shape index (κ1) is 18.8. The third kappa shape index (κ3) is 3.99. The van der Waals surface area contributed by atoms with Gasteiger partial charge in [0.2, 0.25) is 0 Å². The molecule has 1 aliphatic heterocycles. The normalized spacial score (nSPS) is 15.0. The van der Waals surface area contributed by atoms with Gasteiger partial charge in [-0.15, -0.1) is 0 Å². The average Bonchev–Trinajstić information content (AvgIpc) is 3.06. The van der Waals surface area contributed by atoms with E-state index in [2.05, 4.69) is 0 Å². The van der Waals surface area contributed by atoms with Gasteiger partial charge in [0.15, 0.2) is 0 Å². The van der Waals surface area contributed by atoms with Gasteiger partial charge in [-0.1, -0.05) is 54.6 Å². The van der Waals surface area contributed by atoms with Gasteiger partial charge in [-0.2, -0.15) is 0 Å². The SMILES string of the molecule is CCOc1ccc(/C=C2\C=C(c3ccccc3)N(c3cccc(C)c3)C2=O)cc1. The summed E-state index contributed by atoms with van der Waals surface area (Å²) in [4.78, 5) is 15.2. The van der Waals surface area contributed by atoms with E-state index in [9.17, 15) is 4.79 Å². The highest BCUT2D eigenvalue weighted by Crippen LogP contribution is 2.35. The molecule has 3 aromatic rings. The summed E-state index contributed by atoms with van der Waals surface area (Å²) in [5.74, 6) is 0.803. The van der Waals surface area contributed by atoms with Crippen molar-refractivity contribution in [3.8, 4) is 5.75 Å². The van der Waals surface area contributed by atoms with E-state index in [-0.39, 0.29) is 5.91 Å². The van der Waals surface area contributed by atoms with E-state index >= 15 is 0 Å². The van der Waals surface area contributed by atoms with Gasteiger partial charge in [0.25, 0.3) is 5.91 Å². The van der Waals surface area contributed by atoms with Crippen molar-refractivity contribution in [3.63, 3.8) is 0 Å². The highest BCUT2D eigenvalue weighted by Gasteiger charge is 2.30. The second-order valence-corrected chi connectivity index (χ2v) is 6.98. The fourth-order valence-corrected chi connectivity index (χ4v) is 3.47. The van der Waals surface area contributed by atoms with E-state index in [0.29, 0.717) is 12.2 Å². The van der Waals surface area contributed by atoms with Crippen LogP contribution in [0.15, 0.2) is 90.5 Å².